The van der Waals surface area contributed by atoms with Gasteiger partial charge in [0.1, 0.15) is 6.61 Å². The van der Waals surface area contributed by atoms with E-state index in [4.69, 9.17) is 16.4 Å². The first-order valence-electron chi connectivity index (χ1n) is 6.32. The van der Waals surface area contributed by atoms with Crippen molar-refractivity contribution >= 4 is 29.7 Å². The Kier molecular flexibility index (Phi) is 9.66. The average Bonchev–Trinajstić information content (AvgIpc) is 2.39. The van der Waals surface area contributed by atoms with Crippen LogP contribution in [-0.4, -0.2) is 36.9 Å². The van der Waals surface area contributed by atoms with Gasteiger partial charge < -0.3 is 9.74 Å². The molecule has 0 spiro atoms. The van der Waals surface area contributed by atoms with Crippen LogP contribution in [0, 0.1) is 0 Å². The highest BCUT2D eigenvalue weighted by molar-refractivity contribution is 6.30. The summed E-state index contributed by atoms with van der Waals surface area (Å²) < 4.78 is 0. The van der Waals surface area contributed by atoms with Crippen molar-refractivity contribution in [2.45, 2.75) is 20.8 Å². The van der Waals surface area contributed by atoms with Crippen LogP contribution in [0.25, 0.3) is 0 Å². The van der Waals surface area contributed by atoms with Gasteiger partial charge in [-0.3, -0.25) is 0 Å². The third-order valence-corrected chi connectivity index (χ3v) is 3.11. The smallest absolute Gasteiger partial charge is 0.129 e. The first-order valence-corrected chi connectivity index (χ1v) is 6.70. The van der Waals surface area contributed by atoms with E-state index in [1.807, 2.05) is 31.2 Å². The molecule has 0 aliphatic rings. The summed E-state index contributed by atoms with van der Waals surface area (Å²) in [6.45, 7) is 9.83. The first-order chi connectivity index (χ1) is 8.67. The van der Waals surface area contributed by atoms with Crippen LogP contribution in [-0.2, 0) is 4.84 Å². The van der Waals surface area contributed by atoms with Crippen molar-refractivity contribution < 1.29 is 4.84 Å². The molecule has 0 fully saturated rings. The van der Waals surface area contributed by atoms with Crippen LogP contribution >= 0.6 is 24.0 Å². The number of oxime groups is 1. The van der Waals surface area contributed by atoms with E-state index in [0.717, 1.165) is 35.9 Å². The molecule has 0 aliphatic heterocycles. The van der Waals surface area contributed by atoms with Crippen LogP contribution in [0.4, 0.5) is 0 Å². The molecule has 0 amide bonds. The minimum absolute atomic E-state index is 0. The normalized spacial score (nSPS) is 11.3. The fourth-order valence-corrected chi connectivity index (χ4v) is 1.72. The number of nitrogens with zero attached hydrogens (tertiary/aromatic N) is 2. The molecule has 1 rings (SSSR count). The summed E-state index contributed by atoms with van der Waals surface area (Å²) in [6.07, 6.45) is 0. The Labute approximate surface area is 127 Å². The second-order valence-corrected chi connectivity index (χ2v) is 4.48. The molecule has 0 N–H and O–H groups in total. The summed E-state index contributed by atoms with van der Waals surface area (Å²) in [5, 5.41) is 4.84. The average molecular weight is 305 g/mol. The van der Waals surface area contributed by atoms with E-state index >= 15 is 0 Å². The molecule has 0 saturated heterocycles. The summed E-state index contributed by atoms with van der Waals surface area (Å²) >= 11 is 5.83. The molecule has 0 unspecified atom stereocenters. The maximum Gasteiger partial charge on any atom is 0.129 e. The number of halogens is 2. The standard InChI is InChI=1S/C14H21ClN2O.ClH/c1-4-17(5-2)10-11-18-16-12(3)13-6-8-14(15)9-7-13;/h6-9H,4-5,10-11H2,1-3H3;1H/b16-12-;. The van der Waals surface area contributed by atoms with Crippen LogP contribution < -0.4 is 0 Å². The molecule has 0 saturated carbocycles. The maximum atomic E-state index is 5.83. The summed E-state index contributed by atoms with van der Waals surface area (Å²) in [6, 6.07) is 7.58. The van der Waals surface area contributed by atoms with Gasteiger partial charge in [-0.15, -0.1) is 12.4 Å². The lowest BCUT2D eigenvalue weighted by Gasteiger charge is -2.16. The van der Waals surface area contributed by atoms with Gasteiger partial charge in [-0.2, -0.15) is 0 Å². The summed E-state index contributed by atoms with van der Waals surface area (Å²) in [7, 11) is 0. The number of rotatable bonds is 7. The van der Waals surface area contributed by atoms with Crippen molar-refractivity contribution in [2.75, 3.05) is 26.2 Å². The molecule has 1 aromatic rings. The third-order valence-electron chi connectivity index (χ3n) is 2.86. The van der Waals surface area contributed by atoms with E-state index in [2.05, 4.69) is 23.9 Å². The zero-order valence-corrected chi connectivity index (χ0v) is 13.3. The van der Waals surface area contributed by atoms with Crippen LogP contribution in [0.3, 0.4) is 0 Å². The van der Waals surface area contributed by atoms with Crippen LogP contribution in [0.2, 0.25) is 5.02 Å². The van der Waals surface area contributed by atoms with Crippen LogP contribution in [0.5, 0.6) is 0 Å². The molecule has 0 aliphatic carbocycles. The second-order valence-electron chi connectivity index (χ2n) is 4.04. The fraction of sp³-hybridized carbons (Fsp3) is 0.500. The van der Waals surface area contributed by atoms with Crippen molar-refractivity contribution in [3.05, 3.63) is 34.9 Å². The molecule has 0 radical (unpaired) electrons. The molecule has 3 nitrogen and oxygen atoms in total. The fourth-order valence-electron chi connectivity index (χ4n) is 1.60. The highest BCUT2D eigenvalue weighted by Crippen LogP contribution is 2.10. The molecular weight excluding hydrogens is 283 g/mol. The van der Waals surface area contributed by atoms with E-state index in [0.29, 0.717) is 6.61 Å². The van der Waals surface area contributed by atoms with Crippen molar-refractivity contribution in [1.29, 1.82) is 0 Å². The van der Waals surface area contributed by atoms with Gasteiger partial charge in [0.15, 0.2) is 0 Å². The summed E-state index contributed by atoms with van der Waals surface area (Å²) in [4.78, 5) is 7.63. The van der Waals surface area contributed by atoms with Crippen molar-refractivity contribution in [3.8, 4) is 0 Å². The zero-order valence-electron chi connectivity index (χ0n) is 11.7. The molecule has 0 atom stereocenters. The highest BCUT2D eigenvalue weighted by Gasteiger charge is 2.00. The summed E-state index contributed by atoms with van der Waals surface area (Å²) in [5.74, 6) is 0. The van der Waals surface area contributed by atoms with Gasteiger partial charge in [0.05, 0.1) is 5.71 Å². The van der Waals surface area contributed by atoms with Crippen molar-refractivity contribution in [3.63, 3.8) is 0 Å². The Hall–Kier alpha value is -0.770. The van der Waals surface area contributed by atoms with E-state index in [1.54, 1.807) is 0 Å². The Morgan fingerprint density at radius 2 is 1.79 bits per heavy atom. The number of hydrogen-bond donors (Lipinski definition) is 0. The van der Waals surface area contributed by atoms with Crippen molar-refractivity contribution in [1.82, 2.24) is 4.90 Å². The van der Waals surface area contributed by atoms with Gasteiger partial charge in [0.2, 0.25) is 0 Å². The van der Waals surface area contributed by atoms with Gasteiger partial charge in [-0.05, 0) is 37.7 Å². The predicted octanol–water partition coefficient (Wildman–Crippen LogP) is 3.84. The maximum absolute atomic E-state index is 5.83. The van der Waals surface area contributed by atoms with Gasteiger partial charge in [-0.25, -0.2) is 0 Å². The summed E-state index contributed by atoms with van der Waals surface area (Å²) in [5.41, 5.74) is 1.90. The molecule has 0 bridgehead atoms. The zero-order chi connectivity index (χ0) is 13.4. The lowest BCUT2D eigenvalue weighted by Crippen LogP contribution is -2.26. The third kappa shape index (κ3) is 6.81. The molecule has 0 heterocycles. The molecular formula is C14H22Cl2N2O. The topological polar surface area (TPSA) is 24.8 Å². The number of likely N-dealkylation sites (N-methyl/N-ethyl adjacent to an activating group) is 1. The molecule has 108 valence electrons. The van der Waals surface area contributed by atoms with E-state index in [9.17, 15) is 0 Å². The van der Waals surface area contributed by atoms with E-state index < -0.39 is 0 Å². The largest absolute Gasteiger partial charge is 0.394 e. The lowest BCUT2D eigenvalue weighted by molar-refractivity contribution is 0.114. The SMILES string of the molecule is CCN(CC)CCO/N=C(/C)c1ccc(Cl)cc1.Cl. The Morgan fingerprint density at radius 1 is 1.21 bits per heavy atom. The minimum Gasteiger partial charge on any atom is -0.394 e. The minimum atomic E-state index is 0. The quantitative estimate of drug-likeness (QED) is 0.434. The molecule has 1 aromatic carbocycles. The highest BCUT2D eigenvalue weighted by atomic mass is 35.5. The molecule has 19 heavy (non-hydrogen) atoms. The monoisotopic (exact) mass is 304 g/mol. The second kappa shape index (κ2) is 10.1. The van der Waals surface area contributed by atoms with E-state index in [1.165, 1.54) is 0 Å². The Balaban J connectivity index is 0.00000324. The Bertz CT molecular complexity index is 376. The molecule has 5 heteroatoms. The van der Waals surface area contributed by atoms with Crippen LogP contribution in [0.15, 0.2) is 29.4 Å². The van der Waals surface area contributed by atoms with Gasteiger partial charge in [0.25, 0.3) is 0 Å². The van der Waals surface area contributed by atoms with E-state index in [-0.39, 0.29) is 12.4 Å². The van der Waals surface area contributed by atoms with Gasteiger partial charge in [0, 0.05) is 11.6 Å². The lowest BCUT2D eigenvalue weighted by atomic mass is 10.1. The number of hydrogen-bond acceptors (Lipinski definition) is 3. The number of benzene rings is 1. The van der Waals surface area contributed by atoms with Gasteiger partial charge in [-0.1, -0.05) is 42.7 Å². The predicted molar refractivity (Wildman–Crippen MR) is 84.7 cm³/mol. The Morgan fingerprint density at radius 3 is 2.32 bits per heavy atom. The van der Waals surface area contributed by atoms with Gasteiger partial charge >= 0.3 is 0 Å². The van der Waals surface area contributed by atoms with Crippen molar-refractivity contribution in [2.24, 2.45) is 5.16 Å². The molecule has 0 aromatic heterocycles. The first kappa shape index (κ1) is 18.2. The van der Waals surface area contributed by atoms with Crippen LogP contribution in [0.1, 0.15) is 26.3 Å².